The van der Waals surface area contributed by atoms with Crippen molar-refractivity contribution in [2.75, 3.05) is 5.32 Å². The summed E-state index contributed by atoms with van der Waals surface area (Å²) < 4.78 is 1.07. The molecule has 2 aromatic rings. The second kappa shape index (κ2) is 5.48. The number of fused-ring (bicyclic) bond motifs is 1. The van der Waals surface area contributed by atoms with E-state index in [1.807, 2.05) is 19.1 Å². The molecule has 1 unspecified atom stereocenters. The lowest BCUT2D eigenvalue weighted by molar-refractivity contribution is -0.384. The van der Waals surface area contributed by atoms with Crippen LogP contribution >= 0.6 is 15.9 Å². The Hall–Kier alpha value is -1.88. The SMILES string of the molecule is Cc1ccc(NC2CCc3cc(Br)ccc32)c([N+](=O)[O-])c1. The number of hydrogen-bond acceptors (Lipinski definition) is 3. The van der Waals surface area contributed by atoms with E-state index < -0.39 is 0 Å². The van der Waals surface area contributed by atoms with Gasteiger partial charge in [0.15, 0.2) is 0 Å². The Morgan fingerprint density at radius 2 is 2.10 bits per heavy atom. The first kappa shape index (κ1) is 14.1. The molecular weight excluding hydrogens is 332 g/mol. The van der Waals surface area contributed by atoms with Crippen molar-refractivity contribution < 1.29 is 4.92 Å². The summed E-state index contributed by atoms with van der Waals surface area (Å²) in [7, 11) is 0. The van der Waals surface area contributed by atoms with Crippen LogP contribution in [0.1, 0.15) is 29.2 Å². The van der Waals surface area contributed by atoms with E-state index in [1.165, 1.54) is 11.1 Å². The number of nitro benzene ring substituents is 1. The van der Waals surface area contributed by atoms with Crippen LogP contribution in [0.3, 0.4) is 0 Å². The van der Waals surface area contributed by atoms with Crippen LogP contribution in [0.2, 0.25) is 0 Å². The topological polar surface area (TPSA) is 55.2 Å². The first-order valence-electron chi connectivity index (χ1n) is 6.84. The predicted molar refractivity (Wildman–Crippen MR) is 86.7 cm³/mol. The quantitative estimate of drug-likeness (QED) is 0.643. The van der Waals surface area contributed by atoms with Crippen LogP contribution < -0.4 is 5.32 Å². The van der Waals surface area contributed by atoms with E-state index in [-0.39, 0.29) is 16.7 Å². The lowest BCUT2D eigenvalue weighted by Gasteiger charge is -2.16. The van der Waals surface area contributed by atoms with Crippen molar-refractivity contribution in [2.45, 2.75) is 25.8 Å². The molecule has 0 saturated carbocycles. The Balaban J connectivity index is 1.91. The minimum absolute atomic E-state index is 0.134. The molecule has 0 spiro atoms. The molecule has 3 rings (SSSR count). The van der Waals surface area contributed by atoms with Crippen LogP contribution in [0.5, 0.6) is 0 Å². The van der Waals surface area contributed by atoms with Gasteiger partial charge in [0, 0.05) is 10.5 Å². The van der Waals surface area contributed by atoms with E-state index in [4.69, 9.17) is 0 Å². The number of hydrogen-bond donors (Lipinski definition) is 1. The lowest BCUT2D eigenvalue weighted by atomic mass is 10.1. The number of halogens is 1. The molecule has 1 aliphatic rings. The fourth-order valence-electron chi connectivity index (χ4n) is 2.84. The smallest absolute Gasteiger partial charge is 0.292 e. The minimum atomic E-state index is -0.327. The van der Waals surface area contributed by atoms with E-state index in [0.717, 1.165) is 22.9 Å². The standard InChI is InChI=1S/C16H15BrN2O2/c1-10-2-6-15(16(8-10)19(20)21)18-14-7-3-11-9-12(17)4-5-13(11)14/h2,4-6,8-9,14,18H,3,7H2,1H3. The first-order valence-corrected chi connectivity index (χ1v) is 7.64. The normalized spacial score (nSPS) is 16.6. The van der Waals surface area contributed by atoms with Gasteiger partial charge in [0.05, 0.1) is 11.0 Å². The summed E-state index contributed by atoms with van der Waals surface area (Å²) in [6.45, 7) is 1.86. The van der Waals surface area contributed by atoms with E-state index in [2.05, 4.69) is 33.4 Å². The van der Waals surface area contributed by atoms with E-state index >= 15 is 0 Å². The van der Waals surface area contributed by atoms with Gasteiger partial charge < -0.3 is 5.32 Å². The predicted octanol–water partition coefficient (Wildman–Crippen LogP) is 4.77. The number of nitro groups is 1. The van der Waals surface area contributed by atoms with Crippen molar-refractivity contribution >= 4 is 27.3 Å². The summed E-state index contributed by atoms with van der Waals surface area (Å²) in [6.07, 6.45) is 1.95. The Bertz CT molecular complexity index is 715. The van der Waals surface area contributed by atoms with Crippen LogP contribution in [-0.2, 0) is 6.42 Å². The van der Waals surface area contributed by atoms with Crippen LogP contribution in [0.25, 0.3) is 0 Å². The van der Waals surface area contributed by atoms with Gasteiger partial charge in [0.1, 0.15) is 5.69 Å². The zero-order valence-electron chi connectivity index (χ0n) is 11.6. The van der Waals surface area contributed by atoms with Crippen LogP contribution in [0.15, 0.2) is 40.9 Å². The van der Waals surface area contributed by atoms with Crippen molar-refractivity contribution in [3.63, 3.8) is 0 Å². The van der Waals surface area contributed by atoms with Crippen LogP contribution in [0, 0.1) is 17.0 Å². The Morgan fingerprint density at radius 3 is 2.86 bits per heavy atom. The average Bonchev–Trinajstić information content (AvgIpc) is 2.82. The molecule has 0 aliphatic heterocycles. The molecule has 0 fully saturated rings. The fraction of sp³-hybridized carbons (Fsp3) is 0.250. The molecule has 2 aromatic carbocycles. The average molecular weight is 347 g/mol. The molecule has 1 aliphatic carbocycles. The van der Waals surface area contributed by atoms with Crippen molar-refractivity contribution in [1.29, 1.82) is 0 Å². The third-order valence-electron chi connectivity index (χ3n) is 3.86. The van der Waals surface area contributed by atoms with Gasteiger partial charge in [-0.1, -0.05) is 28.1 Å². The molecule has 0 saturated heterocycles. The molecule has 4 nitrogen and oxygen atoms in total. The number of aryl methyl sites for hydroxylation is 2. The van der Waals surface area contributed by atoms with Gasteiger partial charge in [0.25, 0.3) is 5.69 Å². The van der Waals surface area contributed by atoms with E-state index in [1.54, 1.807) is 12.1 Å². The molecule has 0 bridgehead atoms. The van der Waals surface area contributed by atoms with Crippen molar-refractivity contribution in [3.8, 4) is 0 Å². The molecule has 0 amide bonds. The highest BCUT2D eigenvalue weighted by Gasteiger charge is 2.25. The third-order valence-corrected chi connectivity index (χ3v) is 4.36. The van der Waals surface area contributed by atoms with E-state index in [9.17, 15) is 10.1 Å². The zero-order chi connectivity index (χ0) is 15.0. The minimum Gasteiger partial charge on any atom is -0.373 e. The first-order chi connectivity index (χ1) is 10.0. The summed E-state index contributed by atoms with van der Waals surface area (Å²) in [5.74, 6) is 0. The Labute approximate surface area is 131 Å². The maximum absolute atomic E-state index is 11.2. The third kappa shape index (κ3) is 2.78. The van der Waals surface area contributed by atoms with Crippen LogP contribution in [-0.4, -0.2) is 4.92 Å². The summed E-state index contributed by atoms with van der Waals surface area (Å²) in [6, 6.07) is 11.7. The molecule has 1 N–H and O–H groups in total. The molecule has 21 heavy (non-hydrogen) atoms. The Kier molecular flexibility index (Phi) is 3.68. The number of anilines is 1. The number of benzene rings is 2. The van der Waals surface area contributed by atoms with Gasteiger partial charge >= 0.3 is 0 Å². The highest BCUT2D eigenvalue weighted by atomic mass is 79.9. The summed E-state index contributed by atoms with van der Waals surface area (Å²) in [5, 5.41) is 14.5. The maximum atomic E-state index is 11.2. The molecule has 5 heteroatoms. The number of rotatable bonds is 3. The van der Waals surface area contributed by atoms with Crippen molar-refractivity contribution in [1.82, 2.24) is 0 Å². The van der Waals surface area contributed by atoms with Gasteiger partial charge in [-0.3, -0.25) is 10.1 Å². The highest BCUT2D eigenvalue weighted by Crippen LogP contribution is 2.37. The molecule has 0 aromatic heterocycles. The van der Waals surface area contributed by atoms with Crippen molar-refractivity contribution in [2.24, 2.45) is 0 Å². The van der Waals surface area contributed by atoms with Gasteiger partial charge in [-0.2, -0.15) is 0 Å². The summed E-state index contributed by atoms with van der Waals surface area (Å²) >= 11 is 3.48. The molecule has 1 atom stereocenters. The van der Waals surface area contributed by atoms with Gasteiger partial charge in [-0.15, -0.1) is 0 Å². The van der Waals surface area contributed by atoms with Gasteiger partial charge in [-0.25, -0.2) is 0 Å². The van der Waals surface area contributed by atoms with Crippen molar-refractivity contribution in [3.05, 3.63) is 67.7 Å². The van der Waals surface area contributed by atoms with Gasteiger partial charge in [0.2, 0.25) is 0 Å². The second-order valence-corrected chi connectivity index (χ2v) is 6.27. The second-order valence-electron chi connectivity index (χ2n) is 5.36. The fourth-order valence-corrected chi connectivity index (χ4v) is 3.25. The lowest BCUT2D eigenvalue weighted by Crippen LogP contribution is -2.09. The highest BCUT2D eigenvalue weighted by molar-refractivity contribution is 9.10. The number of nitrogens with one attached hydrogen (secondary N) is 1. The molecule has 108 valence electrons. The molecule has 0 radical (unpaired) electrons. The van der Waals surface area contributed by atoms with Crippen LogP contribution in [0.4, 0.5) is 11.4 Å². The maximum Gasteiger partial charge on any atom is 0.292 e. The molecule has 0 heterocycles. The van der Waals surface area contributed by atoms with Gasteiger partial charge in [-0.05, 0) is 54.7 Å². The summed E-state index contributed by atoms with van der Waals surface area (Å²) in [4.78, 5) is 10.9. The molecular formula is C16H15BrN2O2. The largest absolute Gasteiger partial charge is 0.373 e. The zero-order valence-corrected chi connectivity index (χ0v) is 13.2. The number of nitrogens with zero attached hydrogens (tertiary/aromatic N) is 1. The Morgan fingerprint density at radius 1 is 1.29 bits per heavy atom. The monoisotopic (exact) mass is 346 g/mol. The summed E-state index contributed by atoms with van der Waals surface area (Å²) in [5.41, 5.74) is 4.15. The van der Waals surface area contributed by atoms with E-state index in [0.29, 0.717) is 5.69 Å².